The van der Waals surface area contributed by atoms with Crippen LogP contribution in [0.15, 0.2) is 30.3 Å². The standard InChI is InChI=1S/C15H12Cl3NO/c16-9-1-2-11(13(18)7-9)14(19)12-6-10(17)5-8-3-4-20-15(8)12/h1-2,5-7,14H,3-4,19H2. The molecule has 2 aromatic carbocycles. The Morgan fingerprint density at radius 3 is 2.55 bits per heavy atom. The molecule has 1 unspecified atom stereocenters. The lowest BCUT2D eigenvalue weighted by molar-refractivity contribution is 0.352. The molecule has 1 heterocycles. The maximum Gasteiger partial charge on any atom is 0.127 e. The van der Waals surface area contributed by atoms with E-state index in [1.807, 2.05) is 18.2 Å². The number of nitrogens with two attached hydrogens (primary N) is 1. The molecular formula is C15H12Cl3NO. The first-order chi connectivity index (χ1) is 9.56. The largest absolute Gasteiger partial charge is 0.493 e. The minimum absolute atomic E-state index is 0.398. The molecule has 20 heavy (non-hydrogen) atoms. The van der Waals surface area contributed by atoms with Crippen molar-refractivity contribution in [1.82, 2.24) is 0 Å². The summed E-state index contributed by atoms with van der Waals surface area (Å²) in [5.41, 5.74) is 9.09. The molecule has 1 aliphatic rings. The van der Waals surface area contributed by atoms with Crippen LogP contribution in [-0.4, -0.2) is 6.61 Å². The Labute approximate surface area is 132 Å². The van der Waals surface area contributed by atoms with Gasteiger partial charge in [0.15, 0.2) is 0 Å². The second kappa shape index (κ2) is 5.45. The molecule has 0 bridgehead atoms. The van der Waals surface area contributed by atoms with E-state index in [9.17, 15) is 0 Å². The van der Waals surface area contributed by atoms with E-state index in [0.717, 1.165) is 28.9 Å². The van der Waals surface area contributed by atoms with Gasteiger partial charge in [0.25, 0.3) is 0 Å². The first-order valence-electron chi connectivity index (χ1n) is 6.22. The SMILES string of the molecule is NC(c1ccc(Cl)cc1Cl)c1cc(Cl)cc2c1OCC2. The van der Waals surface area contributed by atoms with Crippen molar-refractivity contribution in [1.29, 1.82) is 0 Å². The van der Waals surface area contributed by atoms with E-state index >= 15 is 0 Å². The number of benzene rings is 2. The van der Waals surface area contributed by atoms with Crippen molar-refractivity contribution in [3.05, 3.63) is 62.1 Å². The van der Waals surface area contributed by atoms with E-state index in [4.69, 9.17) is 45.3 Å². The summed E-state index contributed by atoms with van der Waals surface area (Å²) in [6.45, 7) is 0.656. The molecule has 0 fully saturated rings. The molecule has 1 atom stereocenters. The van der Waals surface area contributed by atoms with Gasteiger partial charge in [-0.15, -0.1) is 0 Å². The maximum absolute atomic E-state index is 6.34. The molecule has 3 rings (SSSR count). The highest BCUT2D eigenvalue weighted by Crippen LogP contribution is 2.39. The fraction of sp³-hybridized carbons (Fsp3) is 0.200. The van der Waals surface area contributed by atoms with Gasteiger partial charge in [-0.1, -0.05) is 40.9 Å². The van der Waals surface area contributed by atoms with Crippen LogP contribution in [0.3, 0.4) is 0 Å². The van der Waals surface area contributed by atoms with Gasteiger partial charge < -0.3 is 10.5 Å². The number of ether oxygens (including phenoxy) is 1. The molecule has 2 aromatic rings. The second-order valence-corrected chi connectivity index (χ2v) is 6.01. The Kier molecular flexibility index (Phi) is 3.83. The third-order valence-corrected chi connectivity index (χ3v) is 4.19. The molecule has 0 radical (unpaired) electrons. The second-order valence-electron chi connectivity index (χ2n) is 4.73. The zero-order chi connectivity index (χ0) is 14.3. The van der Waals surface area contributed by atoms with Crippen LogP contribution in [0.25, 0.3) is 0 Å². The van der Waals surface area contributed by atoms with Crippen molar-refractivity contribution in [3.8, 4) is 5.75 Å². The van der Waals surface area contributed by atoms with Crippen LogP contribution in [0, 0.1) is 0 Å². The maximum atomic E-state index is 6.34. The van der Waals surface area contributed by atoms with Crippen LogP contribution < -0.4 is 10.5 Å². The average molecular weight is 329 g/mol. The Morgan fingerprint density at radius 2 is 1.80 bits per heavy atom. The predicted octanol–water partition coefficient (Wildman–Crippen LogP) is 4.63. The smallest absolute Gasteiger partial charge is 0.127 e. The molecule has 5 heteroatoms. The van der Waals surface area contributed by atoms with E-state index < -0.39 is 6.04 Å². The molecule has 104 valence electrons. The first-order valence-corrected chi connectivity index (χ1v) is 7.35. The summed E-state index contributed by atoms with van der Waals surface area (Å²) in [7, 11) is 0. The van der Waals surface area contributed by atoms with Crippen LogP contribution >= 0.6 is 34.8 Å². The van der Waals surface area contributed by atoms with Crippen LogP contribution in [0.2, 0.25) is 15.1 Å². The van der Waals surface area contributed by atoms with Gasteiger partial charge >= 0.3 is 0 Å². The van der Waals surface area contributed by atoms with E-state index in [-0.39, 0.29) is 0 Å². The van der Waals surface area contributed by atoms with Crippen LogP contribution in [0.5, 0.6) is 5.75 Å². The number of halogens is 3. The highest BCUT2D eigenvalue weighted by Gasteiger charge is 2.23. The van der Waals surface area contributed by atoms with E-state index in [1.54, 1.807) is 12.1 Å². The average Bonchev–Trinajstić information content (AvgIpc) is 2.85. The Bertz CT molecular complexity index is 672. The van der Waals surface area contributed by atoms with Gasteiger partial charge in [-0.3, -0.25) is 0 Å². The van der Waals surface area contributed by atoms with E-state index in [2.05, 4.69) is 0 Å². The van der Waals surface area contributed by atoms with Gasteiger partial charge in [0.2, 0.25) is 0 Å². The zero-order valence-electron chi connectivity index (χ0n) is 10.5. The Balaban J connectivity index is 2.09. The van der Waals surface area contributed by atoms with Gasteiger partial charge in [-0.2, -0.15) is 0 Å². The number of rotatable bonds is 2. The molecule has 2 N–H and O–H groups in total. The molecule has 1 aliphatic heterocycles. The summed E-state index contributed by atoms with van der Waals surface area (Å²) in [5.74, 6) is 0.827. The predicted molar refractivity (Wildman–Crippen MR) is 83.1 cm³/mol. The molecule has 0 spiro atoms. The highest BCUT2D eigenvalue weighted by molar-refractivity contribution is 6.35. The third kappa shape index (κ3) is 2.49. The summed E-state index contributed by atoms with van der Waals surface area (Å²) in [4.78, 5) is 0. The van der Waals surface area contributed by atoms with Gasteiger partial charge in [0, 0.05) is 27.1 Å². The molecular weight excluding hydrogens is 317 g/mol. The number of hydrogen-bond donors (Lipinski definition) is 1. The van der Waals surface area contributed by atoms with Crippen LogP contribution in [-0.2, 0) is 6.42 Å². The summed E-state index contributed by atoms with van der Waals surface area (Å²) >= 11 is 18.3. The van der Waals surface area contributed by atoms with Crippen LogP contribution in [0.1, 0.15) is 22.7 Å². The normalized spacial score (nSPS) is 14.8. The van der Waals surface area contributed by atoms with Crippen molar-refractivity contribution in [2.75, 3.05) is 6.61 Å². The van der Waals surface area contributed by atoms with Gasteiger partial charge in [-0.25, -0.2) is 0 Å². The zero-order valence-corrected chi connectivity index (χ0v) is 12.8. The molecule has 0 saturated carbocycles. The minimum atomic E-state index is -0.398. The van der Waals surface area contributed by atoms with E-state index in [0.29, 0.717) is 21.7 Å². The van der Waals surface area contributed by atoms with Crippen LogP contribution in [0.4, 0.5) is 0 Å². The first kappa shape index (κ1) is 14.0. The Hall–Kier alpha value is -0.930. The van der Waals surface area contributed by atoms with Gasteiger partial charge in [0.05, 0.1) is 12.6 Å². The quantitative estimate of drug-likeness (QED) is 0.872. The molecule has 0 amide bonds. The highest BCUT2D eigenvalue weighted by atomic mass is 35.5. The van der Waals surface area contributed by atoms with E-state index in [1.165, 1.54) is 0 Å². The lowest BCUT2D eigenvalue weighted by Gasteiger charge is -2.18. The lowest BCUT2D eigenvalue weighted by Crippen LogP contribution is -2.13. The number of fused-ring (bicyclic) bond motifs is 1. The fourth-order valence-corrected chi connectivity index (χ4v) is 3.23. The monoisotopic (exact) mass is 327 g/mol. The molecule has 2 nitrogen and oxygen atoms in total. The van der Waals surface area contributed by atoms with Crippen molar-refractivity contribution >= 4 is 34.8 Å². The van der Waals surface area contributed by atoms with Gasteiger partial charge in [0.1, 0.15) is 5.75 Å². The molecule has 0 saturated heterocycles. The molecule has 0 aromatic heterocycles. The van der Waals surface area contributed by atoms with Crippen molar-refractivity contribution in [2.24, 2.45) is 5.73 Å². The topological polar surface area (TPSA) is 35.2 Å². The number of hydrogen-bond acceptors (Lipinski definition) is 2. The minimum Gasteiger partial charge on any atom is -0.493 e. The summed E-state index contributed by atoms with van der Waals surface area (Å²) in [5, 5.41) is 1.78. The van der Waals surface area contributed by atoms with Crippen molar-refractivity contribution < 1.29 is 4.74 Å². The fourth-order valence-electron chi connectivity index (χ4n) is 2.45. The summed E-state index contributed by atoms with van der Waals surface area (Å²) in [6, 6.07) is 8.64. The molecule has 0 aliphatic carbocycles. The summed E-state index contributed by atoms with van der Waals surface area (Å²) < 4.78 is 5.68. The summed E-state index contributed by atoms with van der Waals surface area (Å²) in [6.07, 6.45) is 0.851. The Morgan fingerprint density at radius 1 is 1.00 bits per heavy atom. The van der Waals surface area contributed by atoms with Gasteiger partial charge in [-0.05, 0) is 35.4 Å². The van der Waals surface area contributed by atoms with Crippen molar-refractivity contribution in [3.63, 3.8) is 0 Å². The third-order valence-electron chi connectivity index (χ3n) is 3.41. The lowest BCUT2D eigenvalue weighted by atomic mass is 9.96. The van der Waals surface area contributed by atoms with Crippen molar-refractivity contribution in [2.45, 2.75) is 12.5 Å².